The minimum absolute atomic E-state index is 0. The summed E-state index contributed by atoms with van der Waals surface area (Å²) in [5, 5.41) is 20.9. The van der Waals surface area contributed by atoms with Crippen molar-refractivity contribution < 1.29 is 61.4 Å². The Morgan fingerprint density at radius 3 is 2.42 bits per heavy atom. The maximum Gasteiger partial charge on any atom is 1.00 e. The average Bonchev–Trinajstić information content (AvgIpc) is 1.94. The molecular weight excluding hydrogens is 185 g/mol. The number of nitro benzene ring substituents is 1. The third-order valence-corrected chi connectivity index (χ3v) is 1.38. The third-order valence-electron chi connectivity index (χ3n) is 1.38. The van der Waals surface area contributed by atoms with Crippen molar-refractivity contribution in [2.75, 3.05) is 0 Å². The van der Waals surface area contributed by atoms with Crippen LogP contribution in [0.4, 0.5) is 5.69 Å². The molecule has 0 saturated heterocycles. The molecular formula is C7H6KNO3. The zero-order valence-corrected chi connectivity index (χ0v) is 10.0. The summed E-state index contributed by atoms with van der Waals surface area (Å²) < 4.78 is 0. The number of rotatable bonds is 1. The fraction of sp³-hybridized carbons (Fsp3) is 0.143. The molecule has 1 aromatic rings. The molecule has 0 fully saturated rings. The minimum Gasteiger partial charge on any atom is -0.872 e. The van der Waals surface area contributed by atoms with Crippen LogP contribution >= 0.6 is 0 Å². The molecule has 0 spiro atoms. The van der Waals surface area contributed by atoms with Gasteiger partial charge in [-0.15, -0.1) is 5.75 Å². The molecule has 0 aliphatic heterocycles. The summed E-state index contributed by atoms with van der Waals surface area (Å²) in [6.45, 7) is 1.59. The molecule has 0 amide bonds. The van der Waals surface area contributed by atoms with E-state index < -0.39 is 4.92 Å². The molecule has 0 atom stereocenters. The number of hydrogen-bond acceptors (Lipinski definition) is 3. The Labute approximate surface area is 112 Å². The summed E-state index contributed by atoms with van der Waals surface area (Å²) in [6, 6.07) is 3.78. The maximum absolute atomic E-state index is 10.6. The van der Waals surface area contributed by atoms with E-state index in [0.29, 0.717) is 5.56 Å². The first kappa shape index (κ1) is 12.1. The fourth-order valence-corrected chi connectivity index (χ4v) is 0.786. The Morgan fingerprint density at radius 1 is 1.42 bits per heavy atom. The van der Waals surface area contributed by atoms with Crippen LogP contribution in [0, 0.1) is 17.0 Å². The summed E-state index contributed by atoms with van der Waals surface area (Å²) in [6.07, 6.45) is 0. The Hall–Kier alpha value is 0.0564. The normalized spacial score (nSPS) is 8.75. The molecule has 0 unspecified atom stereocenters. The van der Waals surface area contributed by atoms with Crippen molar-refractivity contribution in [3.63, 3.8) is 0 Å². The summed E-state index contributed by atoms with van der Waals surface area (Å²) in [5.41, 5.74) is 0.395. The molecule has 0 saturated carbocycles. The van der Waals surface area contributed by atoms with Gasteiger partial charge in [0.05, 0.1) is 4.92 Å². The molecule has 1 aromatic carbocycles. The second-order valence-electron chi connectivity index (χ2n) is 2.21. The Kier molecular flexibility index (Phi) is 4.96. The van der Waals surface area contributed by atoms with E-state index in [1.165, 1.54) is 12.1 Å². The van der Waals surface area contributed by atoms with Gasteiger partial charge in [-0.3, -0.25) is 10.1 Å². The molecule has 1 rings (SSSR count). The summed E-state index contributed by atoms with van der Waals surface area (Å²) in [7, 11) is 0. The molecule has 58 valence electrons. The Morgan fingerprint density at radius 2 is 2.00 bits per heavy atom. The van der Waals surface area contributed by atoms with Crippen molar-refractivity contribution >= 4 is 5.69 Å². The SMILES string of the molecule is Cc1ccc([O-])cc1[N+](=O)[O-].[K+]. The zero-order chi connectivity index (χ0) is 8.43. The number of hydrogen-bond donors (Lipinski definition) is 0. The Balaban J connectivity index is 0.00000121. The molecule has 0 radical (unpaired) electrons. The van der Waals surface area contributed by atoms with Crippen molar-refractivity contribution in [1.29, 1.82) is 0 Å². The van der Waals surface area contributed by atoms with Gasteiger partial charge >= 0.3 is 51.4 Å². The summed E-state index contributed by atoms with van der Waals surface area (Å²) in [4.78, 5) is 9.68. The van der Waals surface area contributed by atoms with E-state index in [2.05, 4.69) is 0 Å². The number of aryl methyl sites for hydroxylation is 1. The minimum atomic E-state index is -0.559. The quantitative estimate of drug-likeness (QED) is 0.292. The van der Waals surface area contributed by atoms with Crippen LogP contribution in [-0.4, -0.2) is 4.92 Å². The van der Waals surface area contributed by atoms with E-state index in [4.69, 9.17) is 0 Å². The van der Waals surface area contributed by atoms with Crippen LogP contribution in [0.2, 0.25) is 0 Å². The van der Waals surface area contributed by atoms with Crippen LogP contribution in [0.1, 0.15) is 5.56 Å². The largest absolute Gasteiger partial charge is 1.00 e. The predicted molar refractivity (Wildman–Crippen MR) is 37.3 cm³/mol. The van der Waals surface area contributed by atoms with Crippen molar-refractivity contribution in [3.05, 3.63) is 33.9 Å². The smallest absolute Gasteiger partial charge is 0.872 e. The van der Waals surface area contributed by atoms with Gasteiger partial charge < -0.3 is 5.11 Å². The number of nitrogens with zero attached hydrogens (tertiary/aromatic N) is 1. The van der Waals surface area contributed by atoms with Gasteiger partial charge in [0.2, 0.25) is 0 Å². The zero-order valence-electron chi connectivity index (χ0n) is 6.90. The van der Waals surface area contributed by atoms with Gasteiger partial charge in [-0.05, 0) is 6.92 Å². The molecule has 0 bridgehead atoms. The molecule has 0 aliphatic carbocycles. The summed E-state index contributed by atoms with van der Waals surface area (Å²) >= 11 is 0. The van der Waals surface area contributed by atoms with Gasteiger partial charge in [-0.25, -0.2) is 0 Å². The number of nitro groups is 1. The molecule has 0 heterocycles. The third kappa shape index (κ3) is 2.84. The van der Waals surface area contributed by atoms with E-state index in [-0.39, 0.29) is 62.8 Å². The van der Waals surface area contributed by atoms with Crippen LogP contribution in [0.25, 0.3) is 0 Å². The van der Waals surface area contributed by atoms with Crippen LogP contribution < -0.4 is 56.5 Å². The van der Waals surface area contributed by atoms with E-state index in [1.54, 1.807) is 6.92 Å². The van der Waals surface area contributed by atoms with Gasteiger partial charge in [0.15, 0.2) is 0 Å². The first-order chi connectivity index (χ1) is 5.11. The van der Waals surface area contributed by atoms with Crippen LogP contribution in [0.3, 0.4) is 0 Å². The van der Waals surface area contributed by atoms with Crippen LogP contribution in [-0.2, 0) is 0 Å². The second-order valence-corrected chi connectivity index (χ2v) is 2.21. The van der Waals surface area contributed by atoms with Crippen molar-refractivity contribution in [2.24, 2.45) is 0 Å². The predicted octanol–water partition coefficient (Wildman–Crippen LogP) is -2.02. The second kappa shape index (κ2) is 4.93. The molecule has 0 aliphatic rings. The molecule has 5 heteroatoms. The molecule has 12 heavy (non-hydrogen) atoms. The van der Waals surface area contributed by atoms with Gasteiger partial charge in [0.1, 0.15) is 0 Å². The topological polar surface area (TPSA) is 66.2 Å². The first-order valence-electron chi connectivity index (χ1n) is 3.03. The van der Waals surface area contributed by atoms with E-state index in [9.17, 15) is 15.2 Å². The van der Waals surface area contributed by atoms with Gasteiger partial charge in [0.25, 0.3) is 5.69 Å². The monoisotopic (exact) mass is 191 g/mol. The van der Waals surface area contributed by atoms with Gasteiger partial charge in [0, 0.05) is 11.6 Å². The van der Waals surface area contributed by atoms with Gasteiger partial charge in [-0.1, -0.05) is 12.1 Å². The fourth-order valence-electron chi connectivity index (χ4n) is 0.786. The van der Waals surface area contributed by atoms with E-state index in [1.807, 2.05) is 0 Å². The Bertz CT molecular complexity index is 301. The average molecular weight is 191 g/mol. The van der Waals surface area contributed by atoms with Crippen molar-refractivity contribution in [1.82, 2.24) is 0 Å². The van der Waals surface area contributed by atoms with Crippen LogP contribution in [0.15, 0.2) is 18.2 Å². The molecule has 0 aromatic heterocycles. The van der Waals surface area contributed by atoms with Crippen molar-refractivity contribution in [3.8, 4) is 5.75 Å². The first-order valence-corrected chi connectivity index (χ1v) is 3.03. The van der Waals surface area contributed by atoms with Crippen molar-refractivity contribution in [2.45, 2.75) is 6.92 Å². The van der Waals surface area contributed by atoms with Crippen LogP contribution in [0.5, 0.6) is 5.75 Å². The van der Waals surface area contributed by atoms with E-state index in [0.717, 1.165) is 6.07 Å². The molecule has 4 nitrogen and oxygen atoms in total. The summed E-state index contributed by atoms with van der Waals surface area (Å²) in [5.74, 6) is -0.331. The van der Waals surface area contributed by atoms with E-state index >= 15 is 0 Å². The maximum atomic E-state index is 10.6. The standard InChI is InChI=1S/C7H7NO3.K/c1-5-2-3-6(9)4-7(5)8(10)11;/h2-4,9H,1H3;/q;+1/p-1. The molecule has 0 N–H and O–H groups in total. The van der Waals surface area contributed by atoms with Gasteiger partial charge in [-0.2, -0.15) is 0 Å². The number of benzene rings is 1.